The summed E-state index contributed by atoms with van der Waals surface area (Å²) in [5.74, 6) is 0.606. The summed E-state index contributed by atoms with van der Waals surface area (Å²) in [6.07, 6.45) is 7.20. The van der Waals surface area contributed by atoms with Crippen LogP contribution in [0.1, 0.15) is 60.9 Å². The smallest absolute Gasteiger partial charge is 0.254 e. The van der Waals surface area contributed by atoms with E-state index in [2.05, 4.69) is 4.72 Å². The van der Waals surface area contributed by atoms with Crippen LogP contribution >= 0.6 is 0 Å². The normalized spacial score (nSPS) is 17.2. The topological polar surface area (TPSA) is 75.7 Å². The predicted octanol–water partition coefficient (Wildman–Crippen LogP) is 4.36. The molecule has 1 amide bonds. The number of sulfonamides is 1. The molecule has 0 bridgehead atoms. The Hall–Kier alpha value is -2.38. The number of carbonyl (C=O) groups is 1. The molecule has 0 atom stereocenters. The van der Waals surface area contributed by atoms with Gasteiger partial charge in [0.25, 0.3) is 5.91 Å². The van der Waals surface area contributed by atoms with Gasteiger partial charge in [0, 0.05) is 24.7 Å². The number of amides is 1. The first-order valence-electron chi connectivity index (χ1n) is 11.5. The Bertz CT molecular complexity index is 1030. The average molecular weight is 457 g/mol. The molecule has 2 saturated carbocycles. The van der Waals surface area contributed by atoms with Crippen molar-refractivity contribution in [1.29, 1.82) is 0 Å². The summed E-state index contributed by atoms with van der Waals surface area (Å²) >= 11 is 0. The highest BCUT2D eigenvalue weighted by atomic mass is 32.2. The molecule has 0 radical (unpaired) electrons. The zero-order chi connectivity index (χ0) is 22.6. The van der Waals surface area contributed by atoms with E-state index in [-0.39, 0.29) is 22.6 Å². The fraction of sp³-hybridized carbons (Fsp3) is 0.480. The van der Waals surface area contributed by atoms with Crippen molar-refractivity contribution in [3.63, 3.8) is 0 Å². The molecule has 1 N–H and O–H groups in total. The number of benzene rings is 2. The summed E-state index contributed by atoms with van der Waals surface area (Å²) in [5, 5.41) is 0. The maximum atomic E-state index is 13.5. The minimum atomic E-state index is -3.79. The van der Waals surface area contributed by atoms with Gasteiger partial charge in [-0.25, -0.2) is 13.1 Å². The number of ether oxygens (including phenoxy) is 1. The summed E-state index contributed by atoms with van der Waals surface area (Å²) in [6, 6.07) is 14.6. The molecule has 0 spiro atoms. The van der Waals surface area contributed by atoms with Crippen molar-refractivity contribution in [3.8, 4) is 5.75 Å². The third-order valence-electron chi connectivity index (χ3n) is 6.58. The molecule has 7 heteroatoms. The standard InChI is InChI=1S/C25H32N2O4S/c1-31-23-15-14-21(16-24(23)32(29,30)26-22-12-5-6-13-22)25(28)27(18-20-10-7-11-20)17-19-8-3-2-4-9-19/h2-4,8-9,14-16,20,22,26H,5-7,10-13,17-18H2,1H3. The highest BCUT2D eigenvalue weighted by molar-refractivity contribution is 7.89. The number of methoxy groups -OCH3 is 1. The van der Waals surface area contributed by atoms with Gasteiger partial charge in [0.1, 0.15) is 10.6 Å². The number of nitrogens with one attached hydrogen (secondary N) is 1. The third kappa shape index (κ3) is 5.33. The maximum Gasteiger partial charge on any atom is 0.254 e. The number of hydrogen-bond donors (Lipinski definition) is 1. The van der Waals surface area contributed by atoms with Crippen LogP contribution in [0.5, 0.6) is 5.75 Å². The second-order valence-electron chi connectivity index (χ2n) is 8.94. The van der Waals surface area contributed by atoms with E-state index in [0.717, 1.165) is 44.1 Å². The van der Waals surface area contributed by atoms with Crippen LogP contribution in [0.25, 0.3) is 0 Å². The van der Waals surface area contributed by atoms with E-state index in [1.165, 1.54) is 19.6 Å². The molecule has 2 fully saturated rings. The zero-order valence-corrected chi connectivity index (χ0v) is 19.4. The van der Waals surface area contributed by atoms with Crippen molar-refractivity contribution in [1.82, 2.24) is 9.62 Å². The largest absolute Gasteiger partial charge is 0.495 e. The Morgan fingerprint density at radius 1 is 1.03 bits per heavy atom. The number of hydrogen-bond acceptors (Lipinski definition) is 4. The molecule has 6 nitrogen and oxygen atoms in total. The van der Waals surface area contributed by atoms with Gasteiger partial charge in [-0.05, 0) is 55.4 Å². The van der Waals surface area contributed by atoms with Crippen LogP contribution < -0.4 is 9.46 Å². The van der Waals surface area contributed by atoms with Crippen LogP contribution in [0.3, 0.4) is 0 Å². The number of rotatable bonds is 9. The van der Waals surface area contributed by atoms with Crippen molar-refractivity contribution >= 4 is 15.9 Å². The third-order valence-corrected chi connectivity index (χ3v) is 8.13. The van der Waals surface area contributed by atoms with E-state index in [9.17, 15) is 13.2 Å². The molecule has 0 heterocycles. The lowest BCUT2D eigenvalue weighted by Crippen LogP contribution is -2.37. The van der Waals surface area contributed by atoms with Crippen LogP contribution in [0, 0.1) is 5.92 Å². The Kier molecular flexibility index (Phi) is 7.16. The Morgan fingerprint density at radius 2 is 1.75 bits per heavy atom. The first kappa shape index (κ1) is 22.8. The molecule has 0 saturated heterocycles. The molecular weight excluding hydrogens is 424 g/mol. The minimum absolute atomic E-state index is 0.0288. The van der Waals surface area contributed by atoms with Gasteiger partial charge in [-0.3, -0.25) is 4.79 Å². The highest BCUT2D eigenvalue weighted by Gasteiger charge is 2.29. The summed E-state index contributed by atoms with van der Waals surface area (Å²) in [5.41, 5.74) is 1.43. The van der Waals surface area contributed by atoms with Crippen molar-refractivity contribution in [2.24, 2.45) is 5.92 Å². The van der Waals surface area contributed by atoms with E-state index in [4.69, 9.17) is 4.74 Å². The van der Waals surface area contributed by atoms with Crippen molar-refractivity contribution in [2.75, 3.05) is 13.7 Å². The predicted molar refractivity (Wildman–Crippen MR) is 124 cm³/mol. The van der Waals surface area contributed by atoms with Crippen LogP contribution in [0.2, 0.25) is 0 Å². The molecule has 0 unspecified atom stereocenters. The van der Waals surface area contributed by atoms with Crippen LogP contribution in [0.15, 0.2) is 53.4 Å². The lowest BCUT2D eigenvalue weighted by Gasteiger charge is -2.32. The molecule has 0 aliphatic heterocycles. The van der Waals surface area contributed by atoms with Gasteiger partial charge >= 0.3 is 0 Å². The molecule has 2 aliphatic carbocycles. The molecule has 2 aliphatic rings. The first-order chi connectivity index (χ1) is 15.5. The monoisotopic (exact) mass is 456 g/mol. The van der Waals surface area contributed by atoms with Crippen molar-refractivity contribution in [2.45, 2.75) is 62.4 Å². The summed E-state index contributed by atoms with van der Waals surface area (Å²) in [4.78, 5) is 15.4. The van der Waals surface area contributed by atoms with Gasteiger partial charge in [-0.2, -0.15) is 0 Å². The maximum absolute atomic E-state index is 13.5. The summed E-state index contributed by atoms with van der Waals surface area (Å²) in [6.45, 7) is 1.19. The van der Waals surface area contributed by atoms with Gasteiger partial charge in [0.15, 0.2) is 0 Å². The second kappa shape index (κ2) is 10.0. The van der Waals surface area contributed by atoms with Gasteiger partial charge in [-0.15, -0.1) is 0 Å². The Morgan fingerprint density at radius 3 is 2.38 bits per heavy atom. The Labute approximate surface area is 191 Å². The van der Waals surface area contributed by atoms with E-state index in [1.807, 2.05) is 35.2 Å². The second-order valence-corrected chi connectivity index (χ2v) is 10.6. The Balaban J connectivity index is 1.61. The number of nitrogens with zero attached hydrogens (tertiary/aromatic N) is 1. The fourth-order valence-corrected chi connectivity index (χ4v) is 6.04. The number of carbonyl (C=O) groups excluding carboxylic acids is 1. The summed E-state index contributed by atoms with van der Waals surface area (Å²) < 4.78 is 34.4. The molecule has 0 aromatic heterocycles. The quantitative estimate of drug-likeness (QED) is 0.608. The van der Waals surface area contributed by atoms with E-state index >= 15 is 0 Å². The van der Waals surface area contributed by atoms with Crippen LogP contribution in [-0.4, -0.2) is 38.9 Å². The molecular formula is C25H32N2O4S. The van der Waals surface area contributed by atoms with Gasteiger partial charge in [0.2, 0.25) is 10.0 Å². The molecule has 32 heavy (non-hydrogen) atoms. The van der Waals surface area contributed by atoms with E-state index in [1.54, 1.807) is 12.1 Å². The van der Waals surface area contributed by atoms with Gasteiger partial charge in [0.05, 0.1) is 7.11 Å². The van der Waals surface area contributed by atoms with Crippen molar-refractivity contribution < 1.29 is 17.9 Å². The van der Waals surface area contributed by atoms with E-state index < -0.39 is 10.0 Å². The van der Waals surface area contributed by atoms with E-state index in [0.29, 0.717) is 24.6 Å². The van der Waals surface area contributed by atoms with Crippen molar-refractivity contribution in [3.05, 3.63) is 59.7 Å². The lowest BCUT2D eigenvalue weighted by molar-refractivity contribution is 0.0679. The minimum Gasteiger partial charge on any atom is -0.495 e. The first-order valence-corrected chi connectivity index (χ1v) is 13.0. The SMILES string of the molecule is COc1ccc(C(=O)N(Cc2ccccc2)CC2CCC2)cc1S(=O)(=O)NC1CCCC1. The van der Waals surface area contributed by atoms with Gasteiger partial charge < -0.3 is 9.64 Å². The molecule has 4 rings (SSSR count). The van der Waals surface area contributed by atoms with Crippen LogP contribution in [-0.2, 0) is 16.6 Å². The molecule has 2 aromatic rings. The fourth-order valence-electron chi connectivity index (χ4n) is 4.54. The molecule has 2 aromatic carbocycles. The van der Waals surface area contributed by atoms with Crippen LogP contribution in [0.4, 0.5) is 0 Å². The average Bonchev–Trinajstić information content (AvgIpc) is 3.27. The summed E-state index contributed by atoms with van der Waals surface area (Å²) in [7, 11) is -2.34. The highest BCUT2D eigenvalue weighted by Crippen LogP contribution is 2.30. The van der Waals surface area contributed by atoms with Gasteiger partial charge in [-0.1, -0.05) is 49.6 Å². The lowest BCUT2D eigenvalue weighted by atomic mass is 9.85. The molecule has 172 valence electrons. The zero-order valence-electron chi connectivity index (χ0n) is 18.6.